The lowest BCUT2D eigenvalue weighted by Gasteiger charge is -2.32. The maximum absolute atomic E-state index is 12.4. The van der Waals surface area contributed by atoms with Crippen LogP contribution in [-0.4, -0.2) is 36.9 Å². The molecule has 0 atom stereocenters. The standard InChI is InChI=1S/C13H24BrNO2S/c14-10-12-6-8-15(9-7-12)18(16,17)11-13-4-2-1-3-5-13/h12-13H,1-11H2. The Labute approximate surface area is 119 Å². The molecule has 1 saturated carbocycles. The van der Waals surface area contributed by atoms with Gasteiger partial charge < -0.3 is 0 Å². The van der Waals surface area contributed by atoms with Gasteiger partial charge in [0.25, 0.3) is 0 Å². The van der Waals surface area contributed by atoms with Gasteiger partial charge in [0.1, 0.15) is 0 Å². The highest BCUT2D eigenvalue weighted by Crippen LogP contribution is 2.27. The molecule has 1 aliphatic heterocycles. The summed E-state index contributed by atoms with van der Waals surface area (Å²) in [6, 6.07) is 0. The Morgan fingerprint density at radius 2 is 1.56 bits per heavy atom. The van der Waals surface area contributed by atoms with Gasteiger partial charge in [0.2, 0.25) is 10.0 Å². The SMILES string of the molecule is O=S(=O)(CC1CCCCC1)N1CCC(CBr)CC1. The van der Waals surface area contributed by atoms with Crippen LogP contribution in [0.3, 0.4) is 0 Å². The van der Waals surface area contributed by atoms with Gasteiger partial charge in [-0.05, 0) is 37.5 Å². The lowest BCUT2D eigenvalue weighted by molar-refractivity contribution is 0.287. The Morgan fingerprint density at radius 1 is 0.944 bits per heavy atom. The molecule has 5 heteroatoms. The predicted octanol–water partition coefficient (Wildman–Crippen LogP) is 3.00. The van der Waals surface area contributed by atoms with Crippen molar-refractivity contribution in [2.75, 3.05) is 24.2 Å². The van der Waals surface area contributed by atoms with Crippen LogP contribution in [0, 0.1) is 11.8 Å². The first-order chi connectivity index (χ1) is 8.62. The third-order valence-electron chi connectivity index (χ3n) is 4.36. The molecule has 0 amide bonds. The highest BCUT2D eigenvalue weighted by atomic mass is 79.9. The van der Waals surface area contributed by atoms with Crippen LogP contribution < -0.4 is 0 Å². The van der Waals surface area contributed by atoms with E-state index in [1.807, 2.05) is 0 Å². The predicted molar refractivity (Wildman–Crippen MR) is 78.5 cm³/mol. The molecule has 0 aromatic rings. The molecule has 2 aliphatic rings. The van der Waals surface area contributed by atoms with Gasteiger partial charge >= 0.3 is 0 Å². The van der Waals surface area contributed by atoms with Crippen LogP contribution in [0.5, 0.6) is 0 Å². The van der Waals surface area contributed by atoms with E-state index in [0.717, 1.165) is 44.1 Å². The van der Waals surface area contributed by atoms with Gasteiger partial charge in [-0.15, -0.1) is 0 Å². The second-order valence-corrected chi connectivity index (χ2v) is 8.44. The molecule has 2 rings (SSSR count). The average Bonchev–Trinajstić information content (AvgIpc) is 2.39. The van der Waals surface area contributed by atoms with Crippen molar-refractivity contribution in [3.8, 4) is 0 Å². The van der Waals surface area contributed by atoms with Gasteiger partial charge in [-0.2, -0.15) is 0 Å². The van der Waals surface area contributed by atoms with E-state index in [1.54, 1.807) is 4.31 Å². The fraction of sp³-hybridized carbons (Fsp3) is 1.00. The Morgan fingerprint density at radius 3 is 2.11 bits per heavy atom. The summed E-state index contributed by atoms with van der Waals surface area (Å²) in [4.78, 5) is 0. The molecule has 1 aliphatic carbocycles. The number of sulfonamides is 1. The first-order valence-electron chi connectivity index (χ1n) is 7.15. The summed E-state index contributed by atoms with van der Waals surface area (Å²) in [5, 5.41) is 1.00. The van der Waals surface area contributed by atoms with Gasteiger partial charge in [-0.1, -0.05) is 35.2 Å². The third kappa shape index (κ3) is 3.94. The lowest BCUT2D eigenvalue weighted by Crippen LogP contribution is -2.41. The topological polar surface area (TPSA) is 37.4 Å². The zero-order valence-corrected chi connectivity index (χ0v) is 13.4. The summed E-state index contributed by atoms with van der Waals surface area (Å²) < 4.78 is 26.5. The first-order valence-corrected chi connectivity index (χ1v) is 9.88. The molecule has 1 saturated heterocycles. The molecule has 0 N–H and O–H groups in total. The molecule has 0 radical (unpaired) electrons. The minimum atomic E-state index is -3.00. The number of hydrogen-bond acceptors (Lipinski definition) is 2. The van der Waals surface area contributed by atoms with E-state index in [1.165, 1.54) is 19.3 Å². The van der Waals surface area contributed by atoms with Crippen LogP contribution in [0.25, 0.3) is 0 Å². The molecule has 18 heavy (non-hydrogen) atoms. The normalized spacial score (nSPS) is 25.4. The second kappa shape index (κ2) is 6.71. The molecular formula is C13H24BrNO2S. The van der Waals surface area contributed by atoms with Crippen LogP contribution in [0.15, 0.2) is 0 Å². The quantitative estimate of drug-likeness (QED) is 0.739. The van der Waals surface area contributed by atoms with E-state index < -0.39 is 10.0 Å². The van der Waals surface area contributed by atoms with E-state index >= 15 is 0 Å². The van der Waals surface area contributed by atoms with E-state index in [2.05, 4.69) is 15.9 Å². The van der Waals surface area contributed by atoms with Crippen molar-refractivity contribution >= 4 is 26.0 Å². The number of hydrogen-bond donors (Lipinski definition) is 0. The Bertz CT molecular complexity index is 344. The molecule has 106 valence electrons. The van der Waals surface area contributed by atoms with Crippen molar-refractivity contribution in [3.63, 3.8) is 0 Å². The van der Waals surface area contributed by atoms with Gasteiger partial charge in [0.15, 0.2) is 0 Å². The van der Waals surface area contributed by atoms with E-state index in [4.69, 9.17) is 0 Å². The maximum Gasteiger partial charge on any atom is 0.214 e. The van der Waals surface area contributed by atoms with Crippen molar-refractivity contribution in [1.82, 2.24) is 4.31 Å². The van der Waals surface area contributed by atoms with Crippen LogP contribution in [0.4, 0.5) is 0 Å². The highest BCUT2D eigenvalue weighted by Gasteiger charge is 2.30. The van der Waals surface area contributed by atoms with Crippen LogP contribution in [0.2, 0.25) is 0 Å². The summed E-state index contributed by atoms with van der Waals surface area (Å²) in [5.41, 5.74) is 0. The zero-order valence-electron chi connectivity index (χ0n) is 11.0. The number of rotatable bonds is 4. The Balaban J connectivity index is 1.86. The second-order valence-electron chi connectivity index (χ2n) is 5.78. The van der Waals surface area contributed by atoms with Gasteiger partial charge in [0.05, 0.1) is 5.75 Å². The smallest absolute Gasteiger partial charge is 0.212 e. The molecule has 2 fully saturated rings. The first kappa shape index (κ1) is 14.8. The minimum absolute atomic E-state index is 0.395. The summed E-state index contributed by atoms with van der Waals surface area (Å²) in [7, 11) is -3.00. The van der Waals surface area contributed by atoms with Gasteiger partial charge in [0, 0.05) is 18.4 Å². The number of alkyl halides is 1. The van der Waals surface area contributed by atoms with Crippen LogP contribution in [0.1, 0.15) is 44.9 Å². The van der Waals surface area contributed by atoms with Crippen molar-refractivity contribution in [3.05, 3.63) is 0 Å². The largest absolute Gasteiger partial charge is 0.214 e. The molecule has 0 spiro atoms. The number of nitrogens with zero attached hydrogens (tertiary/aromatic N) is 1. The molecule has 3 nitrogen and oxygen atoms in total. The van der Waals surface area contributed by atoms with Gasteiger partial charge in [-0.25, -0.2) is 12.7 Å². The molecule has 0 aromatic heterocycles. The van der Waals surface area contributed by atoms with Crippen LogP contribution >= 0.6 is 15.9 Å². The summed E-state index contributed by atoms with van der Waals surface area (Å²) >= 11 is 3.49. The minimum Gasteiger partial charge on any atom is -0.212 e. The summed E-state index contributed by atoms with van der Waals surface area (Å²) in [5.74, 6) is 1.47. The van der Waals surface area contributed by atoms with Crippen molar-refractivity contribution in [1.29, 1.82) is 0 Å². The molecular weight excluding hydrogens is 314 g/mol. The van der Waals surface area contributed by atoms with Crippen LogP contribution in [-0.2, 0) is 10.0 Å². The van der Waals surface area contributed by atoms with E-state index in [9.17, 15) is 8.42 Å². The van der Waals surface area contributed by atoms with Crippen molar-refractivity contribution in [2.45, 2.75) is 44.9 Å². The zero-order chi connectivity index (χ0) is 13.0. The van der Waals surface area contributed by atoms with Gasteiger partial charge in [-0.3, -0.25) is 0 Å². The molecule has 1 heterocycles. The maximum atomic E-state index is 12.4. The molecule has 0 unspecified atom stereocenters. The summed E-state index contributed by atoms with van der Waals surface area (Å²) in [6.45, 7) is 1.46. The monoisotopic (exact) mass is 337 g/mol. The Hall–Kier alpha value is 0.390. The molecule has 0 aromatic carbocycles. The molecule has 0 bridgehead atoms. The van der Waals surface area contributed by atoms with Crippen molar-refractivity contribution < 1.29 is 8.42 Å². The fourth-order valence-corrected chi connectivity index (χ4v) is 5.65. The average molecular weight is 338 g/mol. The van der Waals surface area contributed by atoms with E-state index in [-0.39, 0.29) is 0 Å². The summed E-state index contributed by atoms with van der Waals surface area (Å²) in [6.07, 6.45) is 7.95. The van der Waals surface area contributed by atoms with Crippen molar-refractivity contribution in [2.24, 2.45) is 11.8 Å². The van der Waals surface area contributed by atoms with E-state index in [0.29, 0.717) is 17.6 Å². The Kier molecular flexibility index (Phi) is 5.51. The fourth-order valence-electron chi connectivity index (χ4n) is 3.10. The lowest BCUT2D eigenvalue weighted by atomic mass is 9.91. The number of piperidine rings is 1. The highest BCUT2D eigenvalue weighted by molar-refractivity contribution is 9.09. The third-order valence-corrected chi connectivity index (χ3v) is 7.32. The number of halogens is 1.